The van der Waals surface area contributed by atoms with E-state index in [0.29, 0.717) is 17.8 Å². The standard InChI is InChI=1S/C21H27NO6/c1-7-14-9-15-12(4)8-18(23)28-17(15)10-16(14)27-13(5)20(24)22-19(11(2)3)21(25)26-6/h8-11,13,19H,7H2,1-6H3,(H,22,24)/t13-,19-/m1/s1. The minimum atomic E-state index is -0.856. The van der Waals surface area contributed by atoms with Crippen LogP contribution in [-0.4, -0.2) is 31.1 Å². The Labute approximate surface area is 164 Å². The smallest absolute Gasteiger partial charge is 0.336 e. The average molecular weight is 389 g/mol. The summed E-state index contributed by atoms with van der Waals surface area (Å²) in [6, 6.07) is 4.22. The molecule has 0 spiro atoms. The third-order valence-corrected chi connectivity index (χ3v) is 4.61. The topological polar surface area (TPSA) is 94.8 Å². The van der Waals surface area contributed by atoms with Crippen LogP contribution in [0.25, 0.3) is 11.0 Å². The Morgan fingerprint density at radius 3 is 2.43 bits per heavy atom. The number of aryl methyl sites for hydroxylation is 2. The molecule has 1 aromatic carbocycles. The van der Waals surface area contributed by atoms with Crippen LogP contribution in [0.15, 0.2) is 27.4 Å². The van der Waals surface area contributed by atoms with Gasteiger partial charge in [0.2, 0.25) is 0 Å². The summed E-state index contributed by atoms with van der Waals surface area (Å²) >= 11 is 0. The van der Waals surface area contributed by atoms with Crippen LogP contribution in [0, 0.1) is 12.8 Å². The summed E-state index contributed by atoms with van der Waals surface area (Å²) in [5, 5.41) is 3.49. The third kappa shape index (κ3) is 4.71. The van der Waals surface area contributed by atoms with Gasteiger partial charge in [0, 0.05) is 17.5 Å². The first kappa shape index (κ1) is 21.5. The first-order valence-electron chi connectivity index (χ1n) is 9.30. The van der Waals surface area contributed by atoms with Crippen LogP contribution in [0.5, 0.6) is 5.75 Å². The number of fused-ring (bicyclic) bond motifs is 1. The average Bonchev–Trinajstić information content (AvgIpc) is 2.64. The summed E-state index contributed by atoms with van der Waals surface area (Å²) in [6.45, 7) is 9.04. The summed E-state index contributed by atoms with van der Waals surface area (Å²) in [7, 11) is 1.28. The maximum atomic E-state index is 12.5. The van der Waals surface area contributed by atoms with Gasteiger partial charge in [-0.2, -0.15) is 0 Å². The molecule has 2 rings (SSSR count). The van der Waals surface area contributed by atoms with Crippen molar-refractivity contribution in [2.45, 2.75) is 53.2 Å². The summed E-state index contributed by atoms with van der Waals surface area (Å²) in [5.41, 5.74) is 1.66. The number of rotatable bonds is 7. The molecule has 28 heavy (non-hydrogen) atoms. The molecule has 0 bridgehead atoms. The highest BCUT2D eigenvalue weighted by atomic mass is 16.5. The number of carbonyl (C=O) groups is 2. The van der Waals surface area contributed by atoms with E-state index in [1.54, 1.807) is 13.0 Å². The van der Waals surface area contributed by atoms with E-state index in [0.717, 1.165) is 16.5 Å². The van der Waals surface area contributed by atoms with E-state index in [1.807, 2.05) is 33.8 Å². The minimum Gasteiger partial charge on any atom is -0.480 e. The Balaban J connectivity index is 2.28. The number of carbonyl (C=O) groups excluding carboxylic acids is 2. The molecule has 0 aliphatic carbocycles. The molecule has 7 heteroatoms. The highest BCUT2D eigenvalue weighted by molar-refractivity contribution is 5.87. The fourth-order valence-corrected chi connectivity index (χ4v) is 2.92. The van der Waals surface area contributed by atoms with Gasteiger partial charge in [-0.05, 0) is 43.4 Å². The Hall–Kier alpha value is -2.83. The van der Waals surface area contributed by atoms with Crippen LogP contribution in [0.4, 0.5) is 0 Å². The number of ether oxygens (including phenoxy) is 2. The maximum Gasteiger partial charge on any atom is 0.336 e. The minimum absolute atomic E-state index is 0.132. The molecule has 1 amide bonds. The molecule has 0 aliphatic rings. The van der Waals surface area contributed by atoms with Gasteiger partial charge in [-0.1, -0.05) is 20.8 Å². The molecule has 0 radical (unpaired) electrons. The second kappa shape index (κ2) is 8.91. The summed E-state index contributed by atoms with van der Waals surface area (Å²) in [4.78, 5) is 36.1. The van der Waals surface area contributed by atoms with E-state index < -0.39 is 29.6 Å². The van der Waals surface area contributed by atoms with E-state index in [-0.39, 0.29) is 5.92 Å². The Kier molecular flexibility index (Phi) is 6.83. The fraction of sp³-hybridized carbons (Fsp3) is 0.476. The number of hydrogen-bond donors (Lipinski definition) is 1. The van der Waals surface area contributed by atoms with Crippen LogP contribution >= 0.6 is 0 Å². The molecule has 0 unspecified atom stereocenters. The highest BCUT2D eigenvalue weighted by Crippen LogP contribution is 2.28. The van der Waals surface area contributed by atoms with Crippen LogP contribution < -0.4 is 15.7 Å². The SMILES string of the molecule is CCc1cc2c(C)cc(=O)oc2cc1O[C@H](C)C(=O)N[C@@H](C(=O)OC)C(C)C. The Bertz CT molecular complexity index is 930. The highest BCUT2D eigenvalue weighted by Gasteiger charge is 2.28. The van der Waals surface area contributed by atoms with Crippen LogP contribution in [0.1, 0.15) is 38.8 Å². The second-order valence-corrected chi connectivity index (χ2v) is 7.07. The van der Waals surface area contributed by atoms with E-state index in [4.69, 9.17) is 13.9 Å². The van der Waals surface area contributed by atoms with E-state index in [2.05, 4.69) is 5.32 Å². The molecular formula is C21H27NO6. The molecule has 1 N–H and O–H groups in total. The van der Waals surface area contributed by atoms with Gasteiger partial charge in [-0.3, -0.25) is 4.79 Å². The van der Waals surface area contributed by atoms with E-state index in [9.17, 15) is 14.4 Å². The lowest BCUT2D eigenvalue weighted by Gasteiger charge is -2.23. The molecule has 2 aromatic rings. The molecule has 7 nitrogen and oxygen atoms in total. The first-order chi connectivity index (χ1) is 13.2. The number of benzene rings is 1. The number of hydrogen-bond acceptors (Lipinski definition) is 6. The number of nitrogens with one attached hydrogen (secondary N) is 1. The van der Waals surface area contributed by atoms with Crippen molar-refractivity contribution in [2.24, 2.45) is 5.92 Å². The maximum absolute atomic E-state index is 12.5. The number of methoxy groups -OCH3 is 1. The predicted molar refractivity (Wildman–Crippen MR) is 105 cm³/mol. The van der Waals surface area contributed by atoms with Crippen LogP contribution in [0.3, 0.4) is 0 Å². The molecule has 0 saturated carbocycles. The third-order valence-electron chi connectivity index (χ3n) is 4.61. The zero-order valence-corrected chi connectivity index (χ0v) is 17.1. The van der Waals surface area contributed by atoms with Gasteiger partial charge in [-0.25, -0.2) is 9.59 Å². The van der Waals surface area contributed by atoms with Gasteiger partial charge < -0.3 is 19.2 Å². The van der Waals surface area contributed by atoms with Crippen molar-refractivity contribution >= 4 is 22.8 Å². The molecule has 0 saturated heterocycles. The van der Waals surface area contributed by atoms with Crippen molar-refractivity contribution in [1.82, 2.24) is 5.32 Å². The van der Waals surface area contributed by atoms with Crippen molar-refractivity contribution in [2.75, 3.05) is 7.11 Å². The van der Waals surface area contributed by atoms with Gasteiger partial charge in [0.15, 0.2) is 6.10 Å². The molecular weight excluding hydrogens is 362 g/mol. The normalized spacial score (nSPS) is 13.2. The van der Waals surface area contributed by atoms with Gasteiger partial charge >= 0.3 is 11.6 Å². The van der Waals surface area contributed by atoms with Crippen molar-refractivity contribution in [3.8, 4) is 5.75 Å². The van der Waals surface area contributed by atoms with E-state index in [1.165, 1.54) is 13.2 Å². The molecule has 1 aromatic heterocycles. The summed E-state index contributed by atoms with van der Waals surface area (Å²) in [6.07, 6.45) is -0.181. The zero-order chi connectivity index (χ0) is 21.0. The fourth-order valence-electron chi connectivity index (χ4n) is 2.92. The first-order valence-corrected chi connectivity index (χ1v) is 9.30. The van der Waals surface area contributed by atoms with Crippen LogP contribution in [0.2, 0.25) is 0 Å². The monoisotopic (exact) mass is 389 g/mol. The molecule has 0 fully saturated rings. The molecule has 0 aliphatic heterocycles. The quantitative estimate of drug-likeness (QED) is 0.578. The summed E-state index contributed by atoms with van der Waals surface area (Å²) < 4.78 is 15.9. The van der Waals surface area contributed by atoms with Crippen molar-refractivity contribution in [3.63, 3.8) is 0 Å². The van der Waals surface area contributed by atoms with Crippen molar-refractivity contribution < 1.29 is 23.5 Å². The molecule has 152 valence electrons. The Morgan fingerprint density at radius 2 is 1.86 bits per heavy atom. The van der Waals surface area contributed by atoms with Gasteiger partial charge in [0.25, 0.3) is 5.91 Å². The lowest BCUT2D eigenvalue weighted by Crippen LogP contribution is -2.49. The lowest BCUT2D eigenvalue weighted by atomic mass is 10.0. The molecule has 2 atom stereocenters. The van der Waals surface area contributed by atoms with Crippen molar-refractivity contribution in [1.29, 1.82) is 0 Å². The zero-order valence-electron chi connectivity index (χ0n) is 17.1. The largest absolute Gasteiger partial charge is 0.480 e. The van der Waals surface area contributed by atoms with Gasteiger partial charge in [0.1, 0.15) is 17.4 Å². The predicted octanol–water partition coefficient (Wildman–Crippen LogP) is 2.74. The Morgan fingerprint density at radius 1 is 1.18 bits per heavy atom. The number of esters is 1. The summed E-state index contributed by atoms with van der Waals surface area (Å²) in [5.74, 6) is -0.608. The molecule has 1 heterocycles. The lowest BCUT2D eigenvalue weighted by molar-refractivity contribution is -0.147. The van der Waals surface area contributed by atoms with Gasteiger partial charge in [-0.15, -0.1) is 0 Å². The van der Waals surface area contributed by atoms with Crippen molar-refractivity contribution in [3.05, 3.63) is 39.7 Å². The number of amides is 1. The van der Waals surface area contributed by atoms with E-state index >= 15 is 0 Å². The second-order valence-electron chi connectivity index (χ2n) is 7.07. The van der Waals surface area contributed by atoms with Gasteiger partial charge in [0.05, 0.1) is 7.11 Å². The van der Waals surface area contributed by atoms with Crippen LogP contribution in [-0.2, 0) is 20.7 Å².